The summed E-state index contributed by atoms with van der Waals surface area (Å²) >= 11 is 7.38. The fraction of sp³-hybridized carbons (Fsp3) is 0.0556. The first-order valence-corrected chi connectivity index (χ1v) is 10.4. The van der Waals surface area contributed by atoms with Crippen LogP contribution in [0.2, 0.25) is 5.02 Å². The highest BCUT2D eigenvalue weighted by Gasteiger charge is 2.21. The Morgan fingerprint density at radius 2 is 1.89 bits per heavy atom. The van der Waals surface area contributed by atoms with Crippen LogP contribution in [-0.4, -0.2) is 21.4 Å². The van der Waals surface area contributed by atoms with Gasteiger partial charge in [-0.15, -0.1) is 11.3 Å². The number of benzene rings is 2. The number of nitrogens with one attached hydrogen (secondary N) is 2. The highest BCUT2D eigenvalue weighted by Crippen LogP contribution is 2.30. The zero-order chi connectivity index (χ0) is 19.4. The Morgan fingerprint density at radius 1 is 1.11 bits per heavy atom. The van der Waals surface area contributed by atoms with Gasteiger partial charge in [0.05, 0.1) is 22.7 Å². The maximum atomic E-state index is 12.8. The van der Waals surface area contributed by atoms with Gasteiger partial charge < -0.3 is 10.1 Å². The third kappa shape index (κ3) is 4.41. The number of halogens is 1. The highest BCUT2D eigenvalue weighted by molar-refractivity contribution is 7.92. The fourth-order valence-corrected chi connectivity index (χ4v) is 4.53. The van der Waals surface area contributed by atoms with Crippen molar-refractivity contribution in [2.45, 2.75) is 4.90 Å². The monoisotopic (exact) mass is 422 g/mol. The van der Waals surface area contributed by atoms with Crippen molar-refractivity contribution in [1.29, 1.82) is 0 Å². The Kier molecular flexibility index (Phi) is 5.69. The van der Waals surface area contributed by atoms with E-state index in [-0.39, 0.29) is 21.5 Å². The van der Waals surface area contributed by atoms with Gasteiger partial charge in [-0.05, 0) is 41.8 Å². The third-order valence-electron chi connectivity index (χ3n) is 3.57. The van der Waals surface area contributed by atoms with Crippen molar-refractivity contribution in [3.63, 3.8) is 0 Å². The number of carbonyl (C=O) groups is 1. The summed E-state index contributed by atoms with van der Waals surface area (Å²) in [5.41, 5.74) is 0.599. The molecule has 1 heterocycles. The molecule has 0 saturated carbocycles. The van der Waals surface area contributed by atoms with Gasteiger partial charge in [0, 0.05) is 5.69 Å². The molecule has 3 rings (SSSR count). The summed E-state index contributed by atoms with van der Waals surface area (Å²) in [5.74, 6) is 0.0488. The lowest BCUT2D eigenvalue weighted by Gasteiger charge is -2.13. The topological polar surface area (TPSA) is 84.5 Å². The van der Waals surface area contributed by atoms with Crippen LogP contribution in [-0.2, 0) is 10.0 Å². The molecular formula is C18H15ClN2O4S2. The minimum atomic E-state index is -4.00. The van der Waals surface area contributed by atoms with Gasteiger partial charge in [0.2, 0.25) is 0 Å². The standard InChI is InChI=1S/C18H15ClN2O4S2/c1-25-15-6-3-2-5-14(15)21-27(23,24)17-11-12(8-9-13(17)19)20-18(22)16-7-4-10-26-16/h2-11,21H,1H3,(H,20,22). The van der Waals surface area contributed by atoms with Gasteiger partial charge in [0.1, 0.15) is 10.6 Å². The first-order valence-electron chi connectivity index (χ1n) is 7.71. The maximum absolute atomic E-state index is 12.8. The molecule has 3 aromatic rings. The molecule has 0 bridgehead atoms. The van der Waals surface area contributed by atoms with Crippen LogP contribution in [0.5, 0.6) is 5.75 Å². The molecule has 140 valence electrons. The maximum Gasteiger partial charge on any atom is 0.265 e. The highest BCUT2D eigenvalue weighted by atomic mass is 35.5. The predicted octanol–water partition coefficient (Wildman–Crippen LogP) is 4.46. The Bertz CT molecular complexity index is 1070. The fourth-order valence-electron chi connectivity index (χ4n) is 2.32. The predicted molar refractivity (Wildman–Crippen MR) is 108 cm³/mol. The normalized spacial score (nSPS) is 11.0. The zero-order valence-corrected chi connectivity index (χ0v) is 16.5. The Labute approximate surface area is 165 Å². The van der Waals surface area contributed by atoms with E-state index in [4.69, 9.17) is 16.3 Å². The molecule has 0 radical (unpaired) electrons. The van der Waals surface area contributed by atoms with Crippen LogP contribution in [0, 0.1) is 0 Å². The number of thiophene rings is 1. The first kappa shape index (κ1) is 19.2. The molecular weight excluding hydrogens is 408 g/mol. The summed E-state index contributed by atoms with van der Waals surface area (Å²) in [6, 6.07) is 14.3. The van der Waals surface area contributed by atoms with Gasteiger partial charge in [-0.2, -0.15) is 0 Å². The van der Waals surface area contributed by atoms with Crippen molar-refractivity contribution < 1.29 is 17.9 Å². The molecule has 0 aliphatic carbocycles. The molecule has 9 heteroatoms. The van der Waals surface area contributed by atoms with E-state index in [1.54, 1.807) is 41.8 Å². The smallest absolute Gasteiger partial charge is 0.265 e. The Hall–Kier alpha value is -2.55. The molecule has 0 fully saturated rings. The van der Waals surface area contributed by atoms with E-state index in [2.05, 4.69) is 10.0 Å². The molecule has 2 aromatic carbocycles. The van der Waals surface area contributed by atoms with Crippen LogP contribution in [0.4, 0.5) is 11.4 Å². The van der Waals surface area contributed by atoms with Gasteiger partial charge >= 0.3 is 0 Å². The molecule has 27 heavy (non-hydrogen) atoms. The van der Waals surface area contributed by atoms with E-state index in [1.807, 2.05) is 0 Å². The van der Waals surface area contributed by atoms with Crippen LogP contribution in [0.1, 0.15) is 9.67 Å². The number of anilines is 2. The number of amides is 1. The molecule has 2 N–H and O–H groups in total. The quantitative estimate of drug-likeness (QED) is 0.614. The largest absolute Gasteiger partial charge is 0.495 e. The second-order valence-corrected chi connectivity index (χ2v) is 8.39. The third-order valence-corrected chi connectivity index (χ3v) is 6.29. The van der Waals surface area contributed by atoms with Crippen LogP contribution < -0.4 is 14.8 Å². The van der Waals surface area contributed by atoms with Crippen molar-refractivity contribution in [2.24, 2.45) is 0 Å². The molecule has 6 nitrogen and oxygen atoms in total. The van der Waals surface area contributed by atoms with E-state index in [1.165, 1.54) is 36.6 Å². The number of para-hydroxylation sites is 2. The Morgan fingerprint density at radius 3 is 2.59 bits per heavy atom. The summed E-state index contributed by atoms with van der Waals surface area (Å²) in [6.07, 6.45) is 0. The number of hydrogen-bond acceptors (Lipinski definition) is 5. The number of carbonyl (C=O) groups excluding carboxylic acids is 1. The van der Waals surface area contributed by atoms with Gasteiger partial charge in [-0.3, -0.25) is 9.52 Å². The van der Waals surface area contributed by atoms with E-state index in [9.17, 15) is 13.2 Å². The molecule has 0 aliphatic heterocycles. The summed E-state index contributed by atoms with van der Waals surface area (Å²) < 4.78 is 33.2. The minimum Gasteiger partial charge on any atom is -0.495 e. The van der Waals surface area contributed by atoms with E-state index < -0.39 is 10.0 Å². The van der Waals surface area contributed by atoms with Gasteiger partial charge in [-0.1, -0.05) is 29.8 Å². The molecule has 1 aromatic heterocycles. The number of ether oxygens (including phenoxy) is 1. The molecule has 0 spiro atoms. The number of rotatable bonds is 6. The first-order chi connectivity index (χ1) is 12.9. The van der Waals surface area contributed by atoms with Gasteiger partial charge in [0.15, 0.2) is 0 Å². The zero-order valence-electron chi connectivity index (χ0n) is 14.1. The van der Waals surface area contributed by atoms with E-state index in [0.29, 0.717) is 16.3 Å². The molecule has 0 atom stereocenters. The van der Waals surface area contributed by atoms with Crippen molar-refractivity contribution in [3.8, 4) is 5.75 Å². The summed E-state index contributed by atoms with van der Waals surface area (Å²) in [4.78, 5) is 12.5. The lowest BCUT2D eigenvalue weighted by atomic mass is 10.3. The van der Waals surface area contributed by atoms with Crippen molar-refractivity contribution >= 4 is 50.2 Å². The van der Waals surface area contributed by atoms with Crippen LogP contribution in [0.3, 0.4) is 0 Å². The molecule has 0 aliphatic rings. The Balaban J connectivity index is 1.90. The number of sulfonamides is 1. The van der Waals surface area contributed by atoms with E-state index >= 15 is 0 Å². The summed E-state index contributed by atoms with van der Waals surface area (Å²) in [5, 5.41) is 4.48. The van der Waals surface area contributed by atoms with Crippen LogP contribution in [0.25, 0.3) is 0 Å². The lowest BCUT2D eigenvalue weighted by molar-refractivity contribution is 0.103. The average molecular weight is 423 g/mol. The lowest BCUT2D eigenvalue weighted by Crippen LogP contribution is -2.15. The summed E-state index contributed by atoms with van der Waals surface area (Å²) in [7, 11) is -2.55. The van der Waals surface area contributed by atoms with Gasteiger partial charge in [0.25, 0.3) is 15.9 Å². The van der Waals surface area contributed by atoms with Crippen LogP contribution in [0.15, 0.2) is 64.9 Å². The number of hydrogen-bond donors (Lipinski definition) is 2. The summed E-state index contributed by atoms with van der Waals surface area (Å²) in [6.45, 7) is 0. The molecule has 0 saturated heterocycles. The second-order valence-electron chi connectivity index (χ2n) is 5.38. The van der Waals surface area contributed by atoms with Gasteiger partial charge in [-0.25, -0.2) is 8.42 Å². The molecule has 1 amide bonds. The molecule has 0 unspecified atom stereocenters. The average Bonchev–Trinajstić information content (AvgIpc) is 3.18. The minimum absolute atomic E-state index is 0.0338. The van der Waals surface area contributed by atoms with Crippen molar-refractivity contribution in [1.82, 2.24) is 0 Å². The second kappa shape index (κ2) is 7.99. The SMILES string of the molecule is COc1ccccc1NS(=O)(=O)c1cc(NC(=O)c2cccs2)ccc1Cl. The number of methoxy groups -OCH3 is 1. The van der Waals surface area contributed by atoms with Crippen molar-refractivity contribution in [3.05, 3.63) is 69.9 Å². The van der Waals surface area contributed by atoms with E-state index in [0.717, 1.165) is 0 Å². The van der Waals surface area contributed by atoms with Crippen LogP contribution >= 0.6 is 22.9 Å². The van der Waals surface area contributed by atoms with Crippen molar-refractivity contribution in [2.75, 3.05) is 17.1 Å².